The second-order valence-corrected chi connectivity index (χ2v) is 19.4. The molecule has 13 aromatic rings. The lowest BCUT2D eigenvalue weighted by Crippen LogP contribution is -2.31. The molecule has 0 amide bonds. The molecular weight excluding hydrogens is 855 g/mol. The maximum atomic E-state index is 6.87. The summed E-state index contributed by atoms with van der Waals surface area (Å²) in [5.41, 5.74) is 17.8. The average Bonchev–Trinajstić information content (AvgIpc) is 4.07. The molecule has 0 fully saturated rings. The van der Waals surface area contributed by atoms with Crippen molar-refractivity contribution in [1.29, 1.82) is 0 Å². The molecule has 0 radical (unpaired) electrons. The summed E-state index contributed by atoms with van der Waals surface area (Å²) >= 11 is 0. The third-order valence-electron chi connectivity index (χ3n) is 14.3. The third-order valence-corrected chi connectivity index (χ3v) is 14.3. The van der Waals surface area contributed by atoms with Gasteiger partial charge in [-0.15, -0.1) is 0 Å². The molecule has 6 heteroatoms. The summed E-state index contributed by atoms with van der Waals surface area (Å²) < 4.78 is 16.1. The maximum Gasteiger partial charge on any atom is 0.269 e. The number of hydrogen-bond acceptors (Lipinski definition) is 2. The van der Waals surface area contributed by atoms with Gasteiger partial charge in [-0.25, -0.2) is 4.98 Å². The van der Waals surface area contributed by atoms with Crippen molar-refractivity contribution in [1.82, 2.24) is 18.7 Å². The van der Waals surface area contributed by atoms with Crippen molar-refractivity contribution in [3.8, 4) is 67.8 Å². The van der Waals surface area contributed by atoms with E-state index in [0.717, 1.165) is 89.4 Å². The number of fused-ring (bicyclic) bond motifs is 14. The normalized spacial score (nSPS) is 12.2. The quantitative estimate of drug-likeness (QED) is 0.128. The van der Waals surface area contributed by atoms with E-state index in [2.05, 4.69) is 252 Å². The lowest BCUT2D eigenvalue weighted by Gasteiger charge is -2.20. The molecule has 1 aliphatic heterocycles. The topological polar surface area (TPSA) is 40.8 Å². The van der Waals surface area contributed by atoms with Gasteiger partial charge in [0.15, 0.2) is 0 Å². The van der Waals surface area contributed by atoms with Crippen molar-refractivity contribution < 1.29 is 9.30 Å². The number of aromatic nitrogens is 5. The van der Waals surface area contributed by atoms with Crippen LogP contribution in [0.25, 0.3) is 111 Å². The molecule has 332 valence electrons. The van der Waals surface area contributed by atoms with Gasteiger partial charge in [0.1, 0.15) is 17.3 Å². The van der Waals surface area contributed by atoms with E-state index in [9.17, 15) is 0 Å². The van der Waals surface area contributed by atoms with Gasteiger partial charge in [-0.2, -0.15) is 0 Å². The van der Waals surface area contributed by atoms with Gasteiger partial charge in [-0.1, -0.05) is 154 Å². The highest BCUT2D eigenvalue weighted by Gasteiger charge is 2.28. The third kappa shape index (κ3) is 6.06. The molecule has 1 aliphatic rings. The molecule has 0 unspecified atom stereocenters. The van der Waals surface area contributed by atoms with E-state index in [1.54, 1.807) is 0 Å². The highest BCUT2D eigenvalue weighted by molar-refractivity contribution is 6.16. The second kappa shape index (κ2) is 15.3. The minimum Gasteiger partial charge on any atom is -0.458 e. The van der Waals surface area contributed by atoms with Crippen LogP contribution in [-0.4, -0.2) is 18.7 Å². The van der Waals surface area contributed by atoms with Gasteiger partial charge in [0.25, 0.3) is 6.33 Å². The fourth-order valence-electron chi connectivity index (χ4n) is 11.1. The summed E-state index contributed by atoms with van der Waals surface area (Å²) in [5, 5.41) is 4.66. The Kier molecular flexibility index (Phi) is 8.74. The lowest BCUT2D eigenvalue weighted by molar-refractivity contribution is -0.569. The van der Waals surface area contributed by atoms with Gasteiger partial charge in [-0.3, -0.25) is 13.7 Å². The number of nitrogens with zero attached hydrogens (tertiary/aromatic N) is 5. The van der Waals surface area contributed by atoms with Gasteiger partial charge in [0, 0.05) is 39.5 Å². The number of imidazole rings is 1. The highest BCUT2D eigenvalue weighted by atomic mass is 16.5. The molecule has 0 aliphatic carbocycles. The van der Waals surface area contributed by atoms with Gasteiger partial charge in [-0.05, 0) is 117 Å². The minimum absolute atomic E-state index is 0.0249. The van der Waals surface area contributed by atoms with Crippen LogP contribution in [0.1, 0.15) is 26.3 Å². The molecule has 6 nitrogen and oxygen atoms in total. The van der Waals surface area contributed by atoms with Crippen LogP contribution in [0.5, 0.6) is 11.5 Å². The highest BCUT2D eigenvalue weighted by Crippen LogP contribution is 2.47. The SMILES string of the molecule is CC(C)(C)c1ccnc(-n2c3ccccc3c3ccc(Oc4cccc(-n5[c-][n+]6c7c(cccc75)-c5ccccc5-c5ccccc5-c5ccc7c(c5-6)c5ccccc5n7-c5ccccc5)c4)cc32)c1. The summed E-state index contributed by atoms with van der Waals surface area (Å²) in [6.45, 7) is 6.72. The molecule has 5 heterocycles. The Labute approximate surface area is 405 Å². The lowest BCUT2D eigenvalue weighted by atomic mass is 9.88. The van der Waals surface area contributed by atoms with E-state index in [1.807, 2.05) is 12.3 Å². The summed E-state index contributed by atoms with van der Waals surface area (Å²) in [5.74, 6) is 2.34. The molecule has 0 atom stereocenters. The average molecular weight is 900 g/mol. The van der Waals surface area contributed by atoms with E-state index in [0.29, 0.717) is 0 Å². The van der Waals surface area contributed by atoms with Crippen molar-refractivity contribution >= 4 is 54.6 Å². The number of para-hydroxylation sites is 4. The van der Waals surface area contributed by atoms with Gasteiger partial charge < -0.3 is 9.30 Å². The summed E-state index contributed by atoms with van der Waals surface area (Å²) in [6.07, 6.45) is 5.92. The fourth-order valence-corrected chi connectivity index (χ4v) is 11.1. The largest absolute Gasteiger partial charge is 0.458 e. The van der Waals surface area contributed by atoms with Crippen LogP contribution in [0.3, 0.4) is 0 Å². The Bertz CT molecular complexity index is 4260. The molecular formula is C64H45N5O. The smallest absolute Gasteiger partial charge is 0.269 e. The van der Waals surface area contributed by atoms with Crippen LogP contribution in [-0.2, 0) is 5.41 Å². The van der Waals surface area contributed by atoms with Crippen molar-refractivity contribution in [3.63, 3.8) is 0 Å². The summed E-state index contributed by atoms with van der Waals surface area (Å²) in [6, 6.07) is 76.1. The molecule has 0 bridgehead atoms. The van der Waals surface area contributed by atoms with Gasteiger partial charge >= 0.3 is 0 Å². The first-order valence-electron chi connectivity index (χ1n) is 24.0. The molecule has 4 aromatic heterocycles. The second-order valence-electron chi connectivity index (χ2n) is 19.4. The monoisotopic (exact) mass is 899 g/mol. The van der Waals surface area contributed by atoms with E-state index < -0.39 is 0 Å². The van der Waals surface area contributed by atoms with E-state index in [4.69, 9.17) is 9.72 Å². The molecule has 9 aromatic carbocycles. The zero-order valence-electron chi connectivity index (χ0n) is 38.9. The Morgan fingerprint density at radius 3 is 1.81 bits per heavy atom. The zero-order chi connectivity index (χ0) is 46.7. The standard InChI is InChI=1S/C64H45N5O/c1-64(2,3)41-35-36-65-60(37-41)69-55-28-13-11-25-50(55)51-32-31-45(39-59(51)69)70-44-20-15-19-43(38-44)66-40-67-62-52(27-16-30-58(62)66)48-23-9-7-21-46(48)47-22-8-10-24-49(47)53-33-34-57-61(63(53)67)54-26-12-14-29-56(54)68(57)42-17-5-4-6-18-42/h4-39H,1-3H3. The first-order valence-corrected chi connectivity index (χ1v) is 24.0. The Morgan fingerprint density at radius 1 is 0.443 bits per heavy atom. The predicted octanol–water partition coefficient (Wildman–Crippen LogP) is 15.7. The first kappa shape index (κ1) is 40.1. The number of pyridine rings is 1. The minimum atomic E-state index is -0.0249. The molecule has 0 spiro atoms. The van der Waals surface area contributed by atoms with Crippen LogP contribution in [0, 0.1) is 6.33 Å². The fraction of sp³-hybridized carbons (Fsp3) is 0.0625. The molecule has 0 N–H and O–H groups in total. The van der Waals surface area contributed by atoms with E-state index in [-0.39, 0.29) is 5.41 Å². The molecule has 70 heavy (non-hydrogen) atoms. The summed E-state index contributed by atoms with van der Waals surface area (Å²) in [7, 11) is 0. The van der Waals surface area contributed by atoms with E-state index >= 15 is 0 Å². The van der Waals surface area contributed by atoms with Crippen molar-refractivity contribution in [2.75, 3.05) is 0 Å². The van der Waals surface area contributed by atoms with Crippen LogP contribution < -0.4 is 9.30 Å². The first-order chi connectivity index (χ1) is 34.4. The van der Waals surface area contributed by atoms with Crippen LogP contribution in [0.4, 0.5) is 0 Å². The predicted molar refractivity (Wildman–Crippen MR) is 285 cm³/mol. The summed E-state index contributed by atoms with van der Waals surface area (Å²) in [4.78, 5) is 4.91. The van der Waals surface area contributed by atoms with Crippen LogP contribution >= 0.6 is 0 Å². The molecule has 0 saturated heterocycles. The van der Waals surface area contributed by atoms with Crippen molar-refractivity contribution in [2.45, 2.75) is 26.2 Å². The van der Waals surface area contributed by atoms with Gasteiger partial charge in [0.2, 0.25) is 0 Å². The maximum absolute atomic E-state index is 6.87. The number of ether oxygens (including phenoxy) is 1. The van der Waals surface area contributed by atoms with Gasteiger partial charge in [0.05, 0.1) is 44.5 Å². The molecule has 14 rings (SSSR count). The Hall–Kier alpha value is -9.00. The van der Waals surface area contributed by atoms with Crippen LogP contribution in [0.2, 0.25) is 0 Å². The number of hydrogen-bond donors (Lipinski definition) is 0. The van der Waals surface area contributed by atoms with E-state index in [1.165, 1.54) is 38.6 Å². The number of rotatable bonds is 5. The molecule has 0 saturated carbocycles. The van der Waals surface area contributed by atoms with Crippen molar-refractivity contribution in [2.24, 2.45) is 0 Å². The Balaban J connectivity index is 0.985. The van der Waals surface area contributed by atoms with Crippen molar-refractivity contribution in [3.05, 3.63) is 230 Å². The Morgan fingerprint density at radius 2 is 1.04 bits per heavy atom. The number of benzene rings is 9. The zero-order valence-corrected chi connectivity index (χ0v) is 38.9. The van der Waals surface area contributed by atoms with Crippen LogP contribution in [0.15, 0.2) is 219 Å².